The fourth-order valence-electron chi connectivity index (χ4n) is 18.8. The number of aliphatic hydroxyl groups excluding tert-OH is 1. The number of fused-ring (bicyclic) bond motifs is 10. The number of aryl methyl sites for hydroxylation is 1. The SMILES string of the molecule is C#Cc1cn([C@@H]2O[C@]3(COC)COC2[C@@H]3OP(C)(=O)[O-])c(=O)[nH]c1=O.CCCCCCCCCCCCCCCCCC(=O)NCC#Cc1cn([C@@H]2O[C@]3(COC)COC2[C@@H]3OP(C)(=O)[O-])c(=O)[nH]c1=O.COC[C@]12COC([C@H](n3cc(C#CCN)c(=O)[nH]c3=O)O1)[C@@H]2OP(C)(=O)[O-].COC[C@]12COC([C@H](n3cc(C#CCO)c(=O)[nH]c3=O)O1)[C@@H]2OP(C)(=O)[O-].COC[C@]12COC([C@H](n3cc(C)c(=O)[nH]c3=O)O1)[C@@H]2OP(C)(=O)[O-]. The highest BCUT2D eigenvalue weighted by molar-refractivity contribution is 7.51. The van der Waals surface area contributed by atoms with Crippen LogP contribution in [-0.2, 0) is 121 Å². The largest absolute Gasteiger partial charge is 0.779 e. The summed E-state index contributed by atoms with van der Waals surface area (Å²) in [6.07, 6.45) is 16.1. The number of carbonyl (C=O) groups excluding carboxylic acids is 1. The molecule has 25 atom stereocenters. The number of nitrogens with one attached hydrogen (secondary N) is 6. The number of aliphatic hydroxyl groups is 1. The van der Waals surface area contributed by atoms with Crippen LogP contribution in [-0.4, -0.2) is 302 Å². The summed E-state index contributed by atoms with van der Waals surface area (Å²) in [5.74, 6) is 17.4. The molecule has 0 aromatic carbocycles. The van der Waals surface area contributed by atoms with E-state index >= 15 is 0 Å². The average molecular weight is 2200 g/mol. The Morgan fingerprint density at radius 1 is 0.403 bits per heavy atom. The van der Waals surface area contributed by atoms with E-state index in [0.29, 0.717) is 12.0 Å². The van der Waals surface area contributed by atoms with Crippen molar-refractivity contribution in [2.45, 2.75) is 237 Å². The fraction of sp³-hybridized carbons (Fsp3) is 0.678. The highest BCUT2D eigenvalue weighted by Gasteiger charge is 2.69. The van der Waals surface area contributed by atoms with Crippen LogP contribution in [0.25, 0.3) is 0 Å². The minimum atomic E-state index is -4.18. The minimum Gasteiger partial charge on any atom is -0.779 e. The lowest BCUT2D eigenvalue weighted by Gasteiger charge is -2.32. The molecule has 0 spiro atoms. The summed E-state index contributed by atoms with van der Waals surface area (Å²) in [5, 5.41) is 11.5. The number of hydrogen-bond donors (Lipinski definition) is 8. The highest BCUT2D eigenvalue weighted by atomic mass is 31.2. The maximum absolute atomic E-state index is 12.7. The third kappa shape index (κ3) is 30.1. The molecule has 10 aliphatic rings. The first-order valence-corrected chi connectivity index (χ1v) is 57.3. The third-order valence-corrected chi connectivity index (χ3v) is 28.2. The number of aromatic nitrogens is 10. The van der Waals surface area contributed by atoms with Crippen LogP contribution in [0.15, 0.2) is 78.9 Å². The van der Waals surface area contributed by atoms with Crippen LogP contribution in [0.5, 0.6) is 0 Å². The number of H-pyrrole nitrogens is 5. The Morgan fingerprint density at radius 2 is 0.644 bits per heavy atom. The zero-order valence-electron chi connectivity index (χ0n) is 83.9. The summed E-state index contributed by atoms with van der Waals surface area (Å²) >= 11 is 0. The van der Waals surface area contributed by atoms with Crippen LogP contribution in [0.1, 0.15) is 169 Å². The molecule has 149 heavy (non-hydrogen) atoms. The minimum absolute atomic E-state index is 0.00896. The lowest BCUT2D eigenvalue weighted by molar-refractivity contribution is -0.209. The number of terminal acetylenes is 1. The van der Waals surface area contributed by atoms with Crippen molar-refractivity contribution in [3.63, 3.8) is 0 Å². The van der Waals surface area contributed by atoms with E-state index in [1.165, 1.54) is 142 Å². The van der Waals surface area contributed by atoms with E-state index < -0.39 is 221 Å². The first-order valence-electron chi connectivity index (χ1n) is 47.4. The van der Waals surface area contributed by atoms with Crippen molar-refractivity contribution < 1.29 is 151 Å². The molecule has 15 rings (SSSR count). The number of carbonyl (C=O) groups is 1. The molecular weight excluding hydrogens is 2080 g/mol. The van der Waals surface area contributed by atoms with E-state index in [0.717, 1.165) is 77.1 Å². The Balaban J connectivity index is 0.000000181. The zero-order chi connectivity index (χ0) is 109. The summed E-state index contributed by atoms with van der Waals surface area (Å²) in [6.45, 7) is 8.22. The van der Waals surface area contributed by atoms with Gasteiger partial charge in [0.15, 0.2) is 31.1 Å². The average Bonchev–Trinajstić information content (AvgIpc) is 1.59. The molecule has 10 bridgehead atoms. The molecular formula is C90H124N12O42P5-5. The molecule has 0 saturated carbocycles. The predicted molar refractivity (Wildman–Crippen MR) is 513 cm³/mol. The van der Waals surface area contributed by atoms with Crippen LogP contribution in [0.4, 0.5) is 0 Å². The maximum Gasteiger partial charge on any atom is 0.330 e. The van der Waals surface area contributed by atoms with Gasteiger partial charge >= 0.3 is 28.4 Å². The number of rotatable bonds is 42. The first-order chi connectivity index (χ1) is 70.4. The molecule has 10 fully saturated rings. The smallest absolute Gasteiger partial charge is 0.330 e. The lowest BCUT2D eigenvalue weighted by Crippen LogP contribution is -2.46. The molecule has 10 aliphatic heterocycles. The van der Waals surface area contributed by atoms with E-state index in [1.54, 1.807) is 6.92 Å². The second kappa shape index (κ2) is 51.9. The van der Waals surface area contributed by atoms with Crippen molar-refractivity contribution in [2.75, 3.05) is 155 Å². The van der Waals surface area contributed by atoms with Gasteiger partial charge in [-0.2, -0.15) is 0 Å². The van der Waals surface area contributed by atoms with Gasteiger partial charge in [-0.25, -0.2) is 24.0 Å². The number of amides is 1. The quantitative estimate of drug-likeness (QED) is 0.0108. The monoisotopic (exact) mass is 2200 g/mol. The number of nitrogens with two attached hydrogens (primary N) is 1. The molecule has 10 saturated heterocycles. The Bertz CT molecular complexity index is 6530. The van der Waals surface area contributed by atoms with E-state index in [2.05, 4.69) is 78.6 Å². The Kier molecular flexibility index (Phi) is 42.0. The van der Waals surface area contributed by atoms with Crippen molar-refractivity contribution in [3.05, 3.63) is 163 Å². The fourth-order valence-corrected chi connectivity index (χ4v) is 22.4. The number of methoxy groups -OCH3 is 5. The van der Waals surface area contributed by atoms with Gasteiger partial charge in [-0.1, -0.05) is 138 Å². The van der Waals surface area contributed by atoms with Gasteiger partial charge in [0.1, 0.15) is 156 Å². The highest BCUT2D eigenvalue weighted by Crippen LogP contribution is 2.57. The van der Waals surface area contributed by atoms with Gasteiger partial charge in [-0.15, -0.1) is 6.42 Å². The number of aromatic amines is 5. The number of unbranched alkanes of at least 4 members (excludes halogenated alkanes) is 14. The predicted octanol–water partition coefficient (Wildman–Crippen LogP) is -3.24. The van der Waals surface area contributed by atoms with E-state index in [9.17, 15) is 100 Å². The van der Waals surface area contributed by atoms with Crippen molar-refractivity contribution in [3.8, 4) is 47.9 Å². The third-order valence-electron chi connectivity index (χ3n) is 25.1. The molecule has 5 aromatic rings. The topological polar surface area (TPSA) is 735 Å². The number of hydrogen-bond acceptors (Lipinski definition) is 43. The van der Waals surface area contributed by atoms with Crippen molar-refractivity contribution in [1.29, 1.82) is 0 Å². The van der Waals surface area contributed by atoms with Gasteiger partial charge in [0.2, 0.25) is 5.91 Å². The summed E-state index contributed by atoms with van der Waals surface area (Å²) in [5.41, 5.74) is -7.64. The summed E-state index contributed by atoms with van der Waals surface area (Å²) in [6, 6.07) is 0. The van der Waals surface area contributed by atoms with Gasteiger partial charge in [-0.05, 0) is 13.3 Å². The molecule has 59 heteroatoms. The molecule has 0 aliphatic carbocycles. The van der Waals surface area contributed by atoms with Crippen molar-refractivity contribution in [2.24, 2.45) is 5.73 Å². The standard InChI is InChI=1S/C33H54N3O9P.C15H20N3O8P.C15H19N2O9P.C14H17N2O8P.C13H19N2O8P/c1-4-5-6-7-8-9-10-11-12-13-14-15-16-17-18-21-27(37)34-22-19-20-26-23-36(32(39)35-30(26)38)31-28-29(45-46(3,40)41)33(44-31,24-42-2)25-43-28;1-23-7-15-8-24-10(11(15)26-27(2,21)22)13(25-15)18-6-9(4-3-5-16)12(19)17-14(18)20;1-23-7-15-8-24-10(11(15)26-27(2,21)22)13(25-15)17-6-9(4-3-5-18)12(19)16-14(17)20;1-4-8-5-16(13(18)15-11(8)17)12-9-10(24-25(3,19)20)14(23-12,6-21-2)7-22-9;1-7-4-15(12(17)14-10(7)16)11-8-9(23-24(3,18)19)13(22-11,5-20-2)6-21-8/h23,28-29,31H,4-18,21-22,24-25H2,1-3H3,(H,34,37)(H,40,41)(H,35,38,39);6,10-11,13H,5,7-8,16H2,1-2H3,(H,21,22)(H,17,19,20);6,10-11,13,18H,5,7-8H2,1-2H3,(H,21,22)(H,16,19,20);1,5,9-10,12H,6-7H2,2-3H3,(H,19,20)(H,15,17,18);4,8-9,11H,5-6H2,1-3H3,(H,18,19)(H,14,16,17)/p-5/t28?,29-,31+,33+;2*10?,11-,13+,15+;9?,10-,12+,14+;8?,9-,11+,13+/m00000/s1. The van der Waals surface area contributed by atoms with Crippen LogP contribution < -0.4 is 91.8 Å². The molecule has 826 valence electrons. The molecule has 1 amide bonds. The second-order valence-corrected chi connectivity index (χ2v) is 45.9. The van der Waals surface area contributed by atoms with Gasteiger partial charge in [0.25, 0.3) is 27.8 Å². The molecule has 9 N–H and O–H groups in total. The molecule has 54 nitrogen and oxygen atoms in total. The van der Waals surface area contributed by atoms with Crippen LogP contribution in [0.2, 0.25) is 0 Å². The van der Waals surface area contributed by atoms with Gasteiger partial charge in [0, 0.05) is 112 Å². The van der Waals surface area contributed by atoms with E-state index in [-0.39, 0.29) is 107 Å². The normalized spacial score (nSPS) is 29.6. The van der Waals surface area contributed by atoms with E-state index in [4.69, 9.17) is 111 Å². The zero-order valence-corrected chi connectivity index (χ0v) is 88.3. The molecule has 15 heterocycles. The maximum atomic E-state index is 12.7. The van der Waals surface area contributed by atoms with Crippen molar-refractivity contribution in [1.82, 2.24) is 53.1 Å². The van der Waals surface area contributed by atoms with Gasteiger partial charge in [0.05, 0.1) is 79.2 Å². The van der Waals surface area contributed by atoms with Gasteiger partial charge < -0.3 is 157 Å². The summed E-state index contributed by atoms with van der Waals surface area (Å²) in [7, 11) is -13.5. The Hall–Kier alpha value is -8.82. The summed E-state index contributed by atoms with van der Waals surface area (Å²) in [4.78, 5) is 202. The van der Waals surface area contributed by atoms with Crippen LogP contribution in [0, 0.1) is 54.8 Å². The summed E-state index contributed by atoms with van der Waals surface area (Å²) < 4.78 is 174. The molecule has 5 aromatic heterocycles. The van der Waals surface area contributed by atoms with Gasteiger partial charge in [-0.3, -0.25) is 76.5 Å². The second-order valence-electron chi connectivity index (χ2n) is 37.1. The van der Waals surface area contributed by atoms with Crippen LogP contribution >= 0.6 is 38.0 Å². The Labute approximate surface area is 851 Å². The number of nitrogens with zero attached hydrogens (tertiary/aromatic N) is 5. The van der Waals surface area contributed by atoms with E-state index in [1.807, 2.05) is 0 Å². The lowest BCUT2D eigenvalue weighted by atomic mass is 10.0. The Morgan fingerprint density at radius 3 is 0.899 bits per heavy atom. The first kappa shape index (κ1) is 120. The molecule has 10 unspecified atom stereocenters. The van der Waals surface area contributed by atoms with Crippen molar-refractivity contribution >= 4 is 43.9 Å². The number of ether oxygens (including phenoxy) is 15. The van der Waals surface area contributed by atoms with Crippen LogP contribution in [0.3, 0.4) is 0 Å². The molecule has 0 radical (unpaired) electrons.